The van der Waals surface area contributed by atoms with E-state index < -0.39 is 5.69 Å². The van der Waals surface area contributed by atoms with E-state index in [1.807, 2.05) is 0 Å². The van der Waals surface area contributed by atoms with Gasteiger partial charge < -0.3 is 0 Å². The van der Waals surface area contributed by atoms with Gasteiger partial charge in [0.15, 0.2) is 0 Å². The zero-order valence-electron chi connectivity index (χ0n) is 33.1. The lowest BCUT2D eigenvalue weighted by atomic mass is 9.58. The van der Waals surface area contributed by atoms with E-state index in [-0.39, 0.29) is 44.4 Å². The van der Waals surface area contributed by atoms with Gasteiger partial charge in [-0.3, -0.25) is 0 Å². The molecule has 0 spiro atoms. The van der Waals surface area contributed by atoms with Crippen molar-refractivity contribution in [3.63, 3.8) is 0 Å². The summed E-state index contributed by atoms with van der Waals surface area (Å²) in [4.78, 5) is 43.7. The van der Waals surface area contributed by atoms with Crippen molar-refractivity contribution in [2.45, 2.75) is 174 Å². The Labute approximate surface area is 287 Å². The molecule has 1 aromatic rings. The van der Waals surface area contributed by atoms with E-state index in [1.54, 1.807) is 0 Å². The van der Waals surface area contributed by atoms with E-state index in [0.717, 1.165) is 38.5 Å². The first kappa shape index (κ1) is 38.2. The van der Waals surface area contributed by atoms with Gasteiger partial charge in [-0.05, 0) is 126 Å². The monoisotopic (exact) mass is 656 g/mol. The summed E-state index contributed by atoms with van der Waals surface area (Å²) in [5.41, 5.74) is -1.15. The molecular formula is C41H73N3O3. The Morgan fingerprint density at radius 1 is 0.511 bits per heavy atom. The van der Waals surface area contributed by atoms with Gasteiger partial charge >= 0.3 is 17.1 Å². The van der Waals surface area contributed by atoms with Crippen LogP contribution in [-0.4, -0.2) is 13.7 Å². The Balaban J connectivity index is 1.84. The lowest BCUT2D eigenvalue weighted by Gasteiger charge is -2.48. The van der Waals surface area contributed by atoms with E-state index in [2.05, 4.69) is 96.9 Å². The van der Waals surface area contributed by atoms with Crippen molar-refractivity contribution < 1.29 is 0 Å². The fourth-order valence-corrected chi connectivity index (χ4v) is 11.6. The maximum absolute atomic E-state index is 14.6. The van der Waals surface area contributed by atoms with Crippen molar-refractivity contribution in [2.75, 3.05) is 0 Å². The molecule has 6 heteroatoms. The Bertz CT molecular complexity index is 1350. The molecule has 47 heavy (non-hydrogen) atoms. The minimum Gasteiger partial charge on any atom is -0.247 e. The van der Waals surface area contributed by atoms with Gasteiger partial charge in [0, 0.05) is 19.6 Å². The van der Waals surface area contributed by atoms with E-state index in [4.69, 9.17) is 0 Å². The number of aromatic nitrogens is 3. The molecule has 3 aliphatic carbocycles. The first-order valence-corrected chi connectivity index (χ1v) is 19.3. The van der Waals surface area contributed by atoms with Crippen LogP contribution < -0.4 is 17.1 Å². The number of rotatable bonds is 9. The molecule has 3 aliphatic rings. The van der Waals surface area contributed by atoms with Gasteiger partial charge in [0.05, 0.1) is 0 Å². The third kappa shape index (κ3) is 8.96. The van der Waals surface area contributed by atoms with Gasteiger partial charge in [0.2, 0.25) is 0 Å². The zero-order chi connectivity index (χ0) is 35.5. The Hall–Kier alpha value is -1.59. The van der Waals surface area contributed by atoms with Crippen LogP contribution in [0.3, 0.4) is 0 Å². The number of nitrogens with zero attached hydrogens (tertiary/aromatic N) is 3. The van der Waals surface area contributed by atoms with Gasteiger partial charge in [0.1, 0.15) is 0 Å². The minimum absolute atomic E-state index is 0.131. The first-order chi connectivity index (χ1) is 21.3. The molecule has 1 aromatic heterocycles. The van der Waals surface area contributed by atoms with Crippen LogP contribution in [0, 0.1) is 68.5 Å². The highest BCUT2D eigenvalue weighted by atomic mass is 16.2. The third-order valence-corrected chi connectivity index (χ3v) is 13.0. The van der Waals surface area contributed by atoms with Crippen LogP contribution in [0.5, 0.6) is 0 Å². The third-order valence-electron chi connectivity index (χ3n) is 13.0. The van der Waals surface area contributed by atoms with E-state index >= 15 is 0 Å². The Morgan fingerprint density at radius 3 is 1.26 bits per heavy atom. The quantitative estimate of drug-likeness (QED) is 0.266. The maximum Gasteiger partial charge on any atom is 0.336 e. The molecular weight excluding hydrogens is 582 g/mol. The predicted octanol–water partition coefficient (Wildman–Crippen LogP) is 9.25. The van der Waals surface area contributed by atoms with Crippen LogP contribution in [0.2, 0.25) is 0 Å². The highest BCUT2D eigenvalue weighted by molar-refractivity contribution is 4.97. The average Bonchev–Trinajstić information content (AvgIpc) is 2.88. The second kappa shape index (κ2) is 13.3. The summed E-state index contributed by atoms with van der Waals surface area (Å²) in [6, 6.07) is 0. The highest BCUT2D eigenvalue weighted by Crippen LogP contribution is 2.52. The summed E-state index contributed by atoms with van der Waals surface area (Å²) in [6.07, 6.45) is 9.43. The summed E-state index contributed by atoms with van der Waals surface area (Å²) in [7, 11) is 0. The van der Waals surface area contributed by atoms with Crippen LogP contribution in [0.4, 0.5) is 0 Å². The molecule has 3 saturated carbocycles. The van der Waals surface area contributed by atoms with Gasteiger partial charge in [-0.2, -0.15) is 0 Å². The van der Waals surface area contributed by atoms with E-state index in [0.29, 0.717) is 55.1 Å². The summed E-state index contributed by atoms with van der Waals surface area (Å²) < 4.78 is 4.51. The second-order valence-corrected chi connectivity index (χ2v) is 21.4. The van der Waals surface area contributed by atoms with Gasteiger partial charge in [-0.1, -0.05) is 96.9 Å². The molecule has 6 atom stereocenters. The molecule has 3 fully saturated rings. The predicted molar refractivity (Wildman–Crippen MR) is 197 cm³/mol. The molecule has 0 radical (unpaired) electrons. The second-order valence-electron chi connectivity index (χ2n) is 21.4. The average molecular weight is 656 g/mol. The summed E-state index contributed by atoms with van der Waals surface area (Å²) >= 11 is 0. The smallest absolute Gasteiger partial charge is 0.247 e. The molecule has 0 amide bonds. The zero-order valence-corrected chi connectivity index (χ0v) is 33.1. The van der Waals surface area contributed by atoms with Crippen LogP contribution in [0.25, 0.3) is 0 Å². The van der Waals surface area contributed by atoms with E-state index in [9.17, 15) is 14.4 Å². The van der Waals surface area contributed by atoms with Crippen molar-refractivity contribution >= 4 is 0 Å². The van der Waals surface area contributed by atoms with Crippen LogP contribution >= 0.6 is 0 Å². The van der Waals surface area contributed by atoms with Crippen molar-refractivity contribution in [1.29, 1.82) is 0 Å². The summed E-state index contributed by atoms with van der Waals surface area (Å²) in [6.45, 7) is 33.6. The maximum atomic E-state index is 14.6. The molecule has 6 unspecified atom stereocenters. The molecule has 0 bridgehead atoms. The SMILES string of the molecule is CC(C)C1CC(Cn2c(=O)n(CC3(C)CC(C(C)C)CC(C)(C)C3)c(=O)n(CC3(C)CC(C(C)C)CC(C)(C)C3)c2=O)CC(C)(C)C1. The topological polar surface area (TPSA) is 66.0 Å². The van der Waals surface area contributed by atoms with Crippen molar-refractivity contribution in [3.8, 4) is 0 Å². The Kier molecular flexibility index (Phi) is 10.8. The van der Waals surface area contributed by atoms with Gasteiger partial charge in [-0.15, -0.1) is 0 Å². The summed E-state index contributed by atoms with van der Waals surface area (Å²) in [5.74, 6) is 3.54. The normalized spacial score (nSPS) is 33.9. The number of hydrogen-bond donors (Lipinski definition) is 0. The molecule has 6 nitrogen and oxygen atoms in total. The standard InChI is InChI=1S/C41H73N3O3/c1-27(2)31-15-30(16-37(7,8)17-31)22-42-34(45)43(25-40(13)20-32(28(3)4)18-38(9,10)23-40)36(47)44(35(42)46)26-41(14)21-33(29(5)6)19-39(11,12)24-41/h27-33H,15-26H2,1-14H3. The lowest BCUT2D eigenvalue weighted by Crippen LogP contribution is -2.58. The van der Waals surface area contributed by atoms with E-state index in [1.165, 1.54) is 33.0 Å². The lowest BCUT2D eigenvalue weighted by molar-refractivity contribution is 0.0153. The van der Waals surface area contributed by atoms with Gasteiger partial charge in [-0.25, -0.2) is 28.1 Å². The fraction of sp³-hybridized carbons (Fsp3) is 0.927. The van der Waals surface area contributed by atoms with Crippen LogP contribution in [0.15, 0.2) is 14.4 Å². The van der Waals surface area contributed by atoms with Crippen molar-refractivity contribution in [3.05, 3.63) is 31.5 Å². The fourth-order valence-electron chi connectivity index (χ4n) is 11.6. The molecule has 0 saturated heterocycles. The van der Waals surface area contributed by atoms with Crippen LogP contribution in [0.1, 0.15) is 155 Å². The minimum atomic E-state index is -0.392. The molecule has 4 rings (SSSR count). The van der Waals surface area contributed by atoms with Crippen molar-refractivity contribution in [2.24, 2.45) is 68.5 Å². The largest absolute Gasteiger partial charge is 0.336 e. The highest BCUT2D eigenvalue weighted by Gasteiger charge is 2.45. The molecule has 0 aromatic carbocycles. The Morgan fingerprint density at radius 2 is 0.872 bits per heavy atom. The molecule has 0 aliphatic heterocycles. The van der Waals surface area contributed by atoms with Crippen molar-refractivity contribution in [1.82, 2.24) is 13.7 Å². The first-order valence-electron chi connectivity index (χ1n) is 19.3. The molecule has 1 heterocycles. The molecule has 0 N–H and O–H groups in total. The molecule has 270 valence electrons. The summed E-state index contributed by atoms with van der Waals surface area (Å²) in [5, 5.41) is 0. The van der Waals surface area contributed by atoms with Gasteiger partial charge in [0.25, 0.3) is 0 Å². The number of hydrogen-bond acceptors (Lipinski definition) is 3. The van der Waals surface area contributed by atoms with Crippen LogP contribution in [-0.2, 0) is 19.6 Å².